The lowest BCUT2D eigenvalue weighted by Gasteiger charge is -2.27. The summed E-state index contributed by atoms with van der Waals surface area (Å²) in [5.74, 6) is -2.00. The van der Waals surface area contributed by atoms with Crippen molar-refractivity contribution in [1.82, 2.24) is 0 Å². The maximum atomic E-state index is 13.5. The molecule has 1 heterocycles. The number of para-hydroxylation sites is 1. The van der Waals surface area contributed by atoms with Crippen LogP contribution in [0.4, 0.5) is 27.6 Å². The van der Waals surface area contributed by atoms with Crippen LogP contribution >= 0.6 is 0 Å². The van der Waals surface area contributed by atoms with Gasteiger partial charge in [-0.3, -0.25) is 4.99 Å². The Kier molecular flexibility index (Phi) is 4.09. The third-order valence-electron chi connectivity index (χ3n) is 3.57. The van der Waals surface area contributed by atoms with Gasteiger partial charge in [-0.15, -0.1) is 0 Å². The first-order valence-corrected chi connectivity index (χ1v) is 6.98. The number of hydrogen-bond donors (Lipinski definition) is 0. The summed E-state index contributed by atoms with van der Waals surface area (Å²) in [7, 11) is 0. The molecule has 0 spiro atoms. The summed E-state index contributed by atoms with van der Waals surface area (Å²) in [6.45, 7) is -0.458. The Bertz CT molecular complexity index is 824. The molecule has 0 fully saturated rings. The zero-order valence-corrected chi connectivity index (χ0v) is 12.2. The van der Waals surface area contributed by atoms with Gasteiger partial charge in [-0.1, -0.05) is 24.3 Å². The van der Waals surface area contributed by atoms with E-state index in [1.54, 1.807) is 24.3 Å². The van der Waals surface area contributed by atoms with E-state index in [0.29, 0.717) is 16.8 Å². The Hall–Kier alpha value is -2.70. The van der Waals surface area contributed by atoms with E-state index in [-0.39, 0.29) is 0 Å². The Morgan fingerprint density at radius 2 is 1.71 bits per heavy atom. The largest absolute Gasteiger partial charge is 0.431 e. The van der Waals surface area contributed by atoms with Gasteiger partial charge in [-0.2, -0.15) is 13.2 Å². The Morgan fingerprint density at radius 1 is 0.958 bits per heavy atom. The fourth-order valence-electron chi connectivity index (χ4n) is 2.42. The SMILES string of the molecule is Fc1ccc(-c2ccccc2N2C=CN=C(C(F)(F)F)C2)cc1F. The molecule has 7 heteroatoms. The van der Waals surface area contributed by atoms with Crippen LogP contribution in [0.2, 0.25) is 0 Å². The van der Waals surface area contributed by atoms with E-state index >= 15 is 0 Å². The number of anilines is 1. The molecule has 2 nitrogen and oxygen atoms in total. The van der Waals surface area contributed by atoms with Gasteiger partial charge in [0, 0.05) is 23.7 Å². The van der Waals surface area contributed by atoms with E-state index in [9.17, 15) is 22.0 Å². The molecule has 0 radical (unpaired) electrons. The molecule has 0 bridgehead atoms. The normalized spacial score (nSPS) is 14.7. The quantitative estimate of drug-likeness (QED) is 0.709. The van der Waals surface area contributed by atoms with Gasteiger partial charge in [0.2, 0.25) is 0 Å². The molecule has 0 atom stereocenters. The van der Waals surface area contributed by atoms with Crippen LogP contribution < -0.4 is 4.90 Å². The van der Waals surface area contributed by atoms with E-state index in [0.717, 1.165) is 18.3 Å². The average Bonchev–Trinajstić information content (AvgIpc) is 2.57. The molecule has 3 rings (SSSR count). The molecule has 0 amide bonds. The molecular weight excluding hydrogens is 327 g/mol. The molecule has 0 aromatic heterocycles. The summed E-state index contributed by atoms with van der Waals surface area (Å²) in [6.07, 6.45) is -2.05. The molecule has 24 heavy (non-hydrogen) atoms. The van der Waals surface area contributed by atoms with E-state index in [4.69, 9.17) is 0 Å². The second kappa shape index (κ2) is 6.07. The molecule has 2 aromatic carbocycles. The van der Waals surface area contributed by atoms with Crippen molar-refractivity contribution in [3.8, 4) is 11.1 Å². The molecule has 0 aliphatic carbocycles. The number of rotatable bonds is 2. The number of hydrogen-bond acceptors (Lipinski definition) is 2. The van der Waals surface area contributed by atoms with Crippen molar-refractivity contribution < 1.29 is 22.0 Å². The van der Waals surface area contributed by atoms with Crippen LogP contribution in [0.25, 0.3) is 11.1 Å². The minimum absolute atomic E-state index is 0.369. The Labute approximate surface area is 134 Å². The first kappa shape index (κ1) is 16.2. The summed E-state index contributed by atoms with van der Waals surface area (Å²) in [5.41, 5.74) is 0.375. The van der Waals surface area contributed by atoms with Gasteiger partial charge in [0.1, 0.15) is 5.71 Å². The van der Waals surface area contributed by atoms with Gasteiger partial charge < -0.3 is 4.90 Å². The summed E-state index contributed by atoms with van der Waals surface area (Å²) in [5, 5.41) is 0. The van der Waals surface area contributed by atoms with E-state index in [1.807, 2.05) is 0 Å². The van der Waals surface area contributed by atoms with E-state index in [2.05, 4.69) is 4.99 Å². The van der Waals surface area contributed by atoms with Gasteiger partial charge in [0.25, 0.3) is 0 Å². The molecule has 1 aliphatic rings. The summed E-state index contributed by atoms with van der Waals surface area (Å²) < 4.78 is 65.2. The third-order valence-corrected chi connectivity index (χ3v) is 3.57. The van der Waals surface area contributed by atoms with E-state index < -0.39 is 30.1 Å². The average molecular weight is 338 g/mol. The van der Waals surface area contributed by atoms with Gasteiger partial charge >= 0.3 is 6.18 Å². The van der Waals surface area contributed by atoms with Crippen molar-refractivity contribution in [2.45, 2.75) is 6.18 Å². The topological polar surface area (TPSA) is 15.6 Å². The van der Waals surface area contributed by atoms with Crippen molar-refractivity contribution in [2.24, 2.45) is 4.99 Å². The first-order chi connectivity index (χ1) is 11.4. The second-order valence-corrected chi connectivity index (χ2v) is 5.15. The minimum Gasteiger partial charge on any atom is -0.340 e. The van der Waals surface area contributed by atoms with Gasteiger partial charge in [0.05, 0.1) is 6.54 Å². The van der Waals surface area contributed by atoms with Gasteiger partial charge in [-0.05, 0) is 23.8 Å². The fourth-order valence-corrected chi connectivity index (χ4v) is 2.42. The lowest BCUT2D eigenvalue weighted by Crippen LogP contribution is -2.36. The van der Waals surface area contributed by atoms with Crippen molar-refractivity contribution in [2.75, 3.05) is 11.4 Å². The lowest BCUT2D eigenvalue weighted by atomic mass is 10.0. The molecule has 2 aromatic rings. The summed E-state index contributed by atoms with van der Waals surface area (Å²) >= 11 is 0. The molecule has 0 unspecified atom stereocenters. The molecular formula is C17H11F5N2. The highest BCUT2D eigenvalue weighted by atomic mass is 19.4. The molecule has 124 valence electrons. The summed E-state index contributed by atoms with van der Waals surface area (Å²) in [6, 6.07) is 9.95. The number of nitrogens with zero attached hydrogens (tertiary/aromatic N) is 2. The molecule has 0 N–H and O–H groups in total. The van der Waals surface area contributed by atoms with Crippen LogP contribution in [0.15, 0.2) is 59.9 Å². The minimum atomic E-state index is -4.53. The van der Waals surface area contributed by atoms with Crippen molar-refractivity contribution in [3.63, 3.8) is 0 Å². The molecule has 1 aliphatic heterocycles. The molecule has 0 saturated heterocycles. The highest BCUT2D eigenvalue weighted by molar-refractivity contribution is 5.96. The highest BCUT2D eigenvalue weighted by Crippen LogP contribution is 2.33. The van der Waals surface area contributed by atoms with Crippen LogP contribution in [-0.2, 0) is 0 Å². The van der Waals surface area contributed by atoms with Crippen molar-refractivity contribution >= 4 is 11.4 Å². The van der Waals surface area contributed by atoms with Gasteiger partial charge in [-0.25, -0.2) is 8.78 Å². The third kappa shape index (κ3) is 3.15. The zero-order chi connectivity index (χ0) is 17.3. The van der Waals surface area contributed by atoms with E-state index in [1.165, 1.54) is 17.2 Å². The Balaban J connectivity index is 2.00. The highest BCUT2D eigenvalue weighted by Gasteiger charge is 2.37. The second-order valence-electron chi connectivity index (χ2n) is 5.15. The van der Waals surface area contributed by atoms with Crippen LogP contribution in [0.1, 0.15) is 0 Å². The van der Waals surface area contributed by atoms with Gasteiger partial charge in [0.15, 0.2) is 11.6 Å². The van der Waals surface area contributed by atoms with Crippen molar-refractivity contribution in [3.05, 3.63) is 66.5 Å². The fraction of sp³-hybridized carbons (Fsp3) is 0.118. The standard InChI is InChI=1S/C17H11F5N2/c18-13-6-5-11(9-14(13)19)12-3-1-2-4-15(12)24-8-7-23-16(10-24)17(20,21)22/h1-9H,10H2. The zero-order valence-electron chi connectivity index (χ0n) is 12.2. The maximum Gasteiger partial charge on any atom is 0.431 e. The predicted molar refractivity (Wildman–Crippen MR) is 81.8 cm³/mol. The maximum absolute atomic E-state index is 13.5. The van der Waals surface area contributed by atoms with Crippen LogP contribution in [-0.4, -0.2) is 18.4 Å². The van der Waals surface area contributed by atoms with Crippen LogP contribution in [0.3, 0.4) is 0 Å². The first-order valence-electron chi connectivity index (χ1n) is 6.98. The number of aliphatic imine (C=N–C) groups is 1. The van der Waals surface area contributed by atoms with Crippen LogP contribution in [0.5, 0.6) is 0 Å². The summed E-state index contributed by atoms with van der Waals surface area (Å²) in [4.78, 5) is 4.73. The smallest absolute Gasteiger partial charge is 0.340 e. The Morgan fingerprint density at radius 3 is 2.42 bits per heavy atom. The molecule has 0 saturated carbocycles. The lowest BCUT2D eigenvalue weighted by molar-refractivity contribution is -0.0597. The number of benzene rings is 2. The number of alkyl halides is 3. The van der Waals surface area contributed by atoms with Crippen LogP contribution in [0, 0.1) is 11.6 Å². The predicted octanol–water partition coefficient (Wildman–Crippen LogP) is 4.93. The van der Waals surface area contributed by atoms with Crippen molar-refractivity contribution in [1.29, 1.82) is 0 Å². The monoisotopic (exact) mass is 338 g/mol. The number of halogens is 5.